The summed E-state index contributed by atoms with van der Waals surface area (Å²) in [6.45, 7) is 6.49. The maximum absolute atomic E-state index is 10.1. The zero-order chi connectivity index (χ0) is 11.8. The molecule has 0 fully saturated rings. The largest absolute Gasteiger partial charge is 0.389 e. The van der Waals surface area contributed by atoms with Crippen molar-refractivity contribution in [2.45, 2.75) is 39.7 Å². The minimum atomic E-state index is -0.254. The van der Waals surface area contributed by atoms with Crippen LogP contribution in [0.25, 0.3) is 0 Å². The highest BCUT2D eigenvalue weighted by atomic mass is 16.3. The first-order chi connectivity index (χ1) is 7.53. The van der Waals surface area contributed by atoms with E-state index in [9.17, 15) is 5.11 Å². The fraction of sp³-hybridized carbons (Fsp3) is 0.467. The molecule has 0 aromatic heterocycles. The highest BCUT2D eigenvalue weighted by Crippen LogP contribution is 2.53. The summed E-state index contributed by atoms with van der Waals surface area (Å²) in [5.41, 5.74) is 4.10. The van der Waals surface area contributed by atoms with Gasteiger partial charge < -0.3 is 5.11 Å². The van der Waals surface area contributed by atoms with Gasteiger partial charge in [0.2, 0.25) is 0 Å². The van der Waals surface area contributed by atoms with Crippen LogP contribution in [0.1, 0.15) is 32.8 Å². The molecule has 0 aliphatic heterocycles. The van der Waals surface area contributed by atoms with Crippen LogP contribution in [-0.2, 0) is 6.42 Å². The molecule has 16 heavy (non-hydrogen) atoms. The van der Waals surface area contributed by atoms with Gasteiger partial charge in [-0.1, -0.05) is 49.8 Å². The molecule has 0 radical (unpaired) electrons. The van der Waals surface area contributed by atoms with Crippen molar-refractivity contribution in [1.82, 2.24) is 0 Å². The molecule has 1 aliphatic rings. The van der Waals surface area contributed by atoms with E-state index in [1.807, 2.05) is 18.2 Å². The Labute approximate surface area is 97.8 Å². The Morgan fingerprint density at radius 1 is 1.19 bits per heavy atom. The minimum absolute atomic E-state index is 0.177. The number of aliphatic hydroxyl groups excluding tert-OH is 1. The van der Waals surface area contributed by atoms with Crippen LogP contribution in [0.4, 0.5) is 0 Å². The van der Waals surface area contributed by atoms with Gasteiger partial charge in [-0.25, -0.2) is 0 Å². The van der Waals surface area contributed by atoms with Crippen LogP contribution < -0.4 is 0 Å². The van der Waals surface area contributed by atoms with Gasteiger partial charge in [-0.15, -0.1) is 0 Å². The van der Waals surface area contributed by atoms with E-state index in [2.05, 4.69) is 32.9 Å². The van der Waals surface area contributed by atoms with Crippen molar-refractivity contribution in [3.8, 4) is 0 Å². The summed E-state index contributed by atoms with van der Waals surface area (Å²) in [4.78, 5) is 0. The number of rotatable bonds is 4. The number of aryl methyl sites for hydroxylation is 1. The lowest BCUT2D eigenvalue weighted by Crippen LogP contribution is -2.11. The van der Waals surface area contributed by atoms with E-state index in [1.165, 1.54) is 16.7 Å². The third kappa shape index (κ3) is 2.05. The summed E-state index contributed by atoms with van der Waals surface area (Å²) in [6.07, 6.45) is 1.53. The molecular formula is C15H20O. The molecule has 0 unspecified atom stereocenters. The number of allylic oxidation sites excluding steroid dienone is 1. The number of hydrogen-bond donors (Lipinski definition) is 1. The van der Waals surface area contributed by atoms with E-state index >= 15 is 0 Å². The zero-order valence-electron chi connectivity index (χ0n) is 10.3. The summed E-state index contributed by atoms with van der Waals surface area (Å²) in [7, 11) is 0. The van der Waals surface area contributed by atoms with E-state index in [1.54, 1.807) is 0 Å². The first-order valence-corrected chi connectivity index (χ1v) is 5.97. The van der Waals surface area contributed by atoms with Crippen molar-refractivity contribution in [3.63, 3.8) is 0 Å². The lowest BCUT2D eigenvalue weighted by Gasteiger charge is -2.11. The number of aliphatic hydroxyl groups is 1. The predicted molar refractivity (Wildman–Crippen MR) is 67.3 cm³/mol. The number of benzene rings is 1. The fourth-order valence-corrected chi connectivity index (χ4v) is 2.45. The van der Waals surface area contributed by atoms with E-state index < -0.39 is 0 Å². The standard InChI is InChI=1S/C15H20O/c1-11-14(15(11,2)3)13(16)10-9-12-7-5-4-6-8-12/h4-8,13,16H,9-10H2,1-3H3/t13-/m1/s1. The second-order valence-electron chi connectivity index (χ2n) is 5.20. The van der Waals surface area contributed by atoms with Gasteiger partial charge in [0.1, 0.15) is 0 Å². The van der Waals surface area contributed by atoms with Crippen molar-refractivity contribution in [2.24, 2.45) is 5.41 Å². The van der Waals surface area contributed by atoms with Gasteiger partial charge in [0.05, 0.1) is 6.10 Å². The molecule has 1 heteroatoms. The molecule has 0 spiro atoms. The molecule has 2 rings (SSSR count). The Morgan fingerprint density at radius 3 is 2.25 bits per heavy atom. The molecule has 1 aromatic rings. The number of hydrogen-bond acceptors (Lipinski definition) is 1. The monoisotopic (exact) mass is 216 g/mol. The smallest absolute Gasteiger partial charge is 0.0764 e. The summed E-state index contributed by atoms with van der Waals surface area (Å²) >= 11 is 0. The lowest BCUT2D eigenvalue weighted by atomic mass is 9.98. The van der Waals surface area contributed by atoms with E-state index in [0.29, 0.717) is 0 Å². The van der Waals surface area contributed by atoms with Gasteiger partial charge in [-0.2, -0.15) is 0 Å². The highest BCUT2D eigenvalue weighted by molar-refractivity contribution is 5.48. The Morgan fingerprint density at radius 2 is 1.75 bits per heavy atom. The van der Waals surface area contributed by atoms with Gasteiger partial charge in [0, 0.05) is 5.41 Å². The van der Waals surface area contributed by atoms with Crippen LogP contribution in [0.3, 0.4) is 0 Å². The summed E-state index contributed by atoms with van der Waals surface area (Å²) < 4.78 is 0. The fourth-order valence-electron chi connectivity index (χ4n) is 2.45. The quantitative estimate of drug-likeness (QED) is 0.765. The van der Waals surface area contributed by atoms with Crippen molar-refractivity contribution in [2.75, 3.05) is 0 Å². The van der Waals surface area contributed by atoms with Gasteiger partial charge in [0.15, 0.2) is 0 Å². The molecule has 1 aromatic carbocycles. The summed E-state index contributed by atoms with van der Waals surface area (Å²) in [5.74, 6) is 0. The Kier molecular flexibility index (Phi) is 2.90. The topological polar surface area (TPSA) is 20.2 Å². The van der Waals surface area contributed by atoms with Crippen molar-refractivity contribution < 1.29 is 5.11 Å². The van der Waals surface area contributed by atoms with Crippen molar-refractivity contribution >= 4 is 0 Å². The van der Waals surface area contributed by atoms with Crippen LogP contribution in [-0.4, -0.2) is 11.2 Å². The van der Waals surface area contributed by atoms with Crippen LogP contribution in [0.5, 0.6) is 0 Å². The van der Waals surface area contributed by atoms with Gasteiger partial charge in [0.25, 0.3) is 0 Å². The Balaban J connectivity index is 1.89. The zero-order valence-corrected chi connectivity index (χ0v) is 10.3. The molecule has 1 aliphatic carbocycles. The molecule has 86 valence electrons. The molecule has 1 atom stereocenters. The second-order valence-corrected chi connectivity index (χ2v) is 5.20. The van der Waals surface area contributed by atoms with E-state index in [-0.39, 0.29) is 11.5 Å². The van der Waals surface area contributed by atoms with Gasteiger partial charge in [-0.3, -0.25) is 0 Å². The normalized spacial score (nSPS) is 19.8. The Bertz CT molecular complexity index is 401. The molecule has 0 heterocycles. The third-order valence-electron chi connectivity index (χ3n) is 3.83. The maximum Gasteiger partial charge on any atom is 0.0764 e. The first-order valence-electron chi connectivity index (χ1n) is 5.97. The average molecular weight is 216 g/mol. The minimum Gasteiger partial charge on any atom is -0.389 e. The van der Waals surface area contributed by atoms with Crippen LogP contribution in [0.2, 0.25) is 0 Å². The SMILES string of the molecule is CC1=C([C@H](O)CCc2ccccc2)C1(C)C. The molecule has 1 nitrogen and oxygen atoms in total. The predicted octanol–water partition coefficient (Wildman–Crippen LogP) is 3.34. The summed E-state index contributed by atoms with van der Waals surface area (Å²) in [6, 6.07) is 10.4. The van der Waals surface area contributed by atoms with Crippen molar-refractivity contribution in [3.05, 3.63) is 47.0 Å². The molecule has 1 N–H and O–H groups in total. The molecule has 0 saturated carbocycles. The second kappa shape index (κ2) is 4.06. The van der Waals surface area contributed by atoms with Gasteiger partial charge >= 0.3 is 0 Å². The van der Waals surface area contributed by atoms with Crippen molar-refractivity contribution in [1.29, 1.82) is 0 Å². The Hall–Kier alpha value is -1.08. The highest BCUT2D eigenvalue weighted by Gasteiger charge is 2.44. The summed E-state index contributed by atoms with van der Waals surface area (Å²) in [5, 5.41) is 10.1. The van der Waals surface area contributed by atoms with E-state index in [4.69, 9.17) is 0 Å². The van der Waals surface area contributed by atoms with Crippen LogP contribution >= 0.6 is 0 Å². The van der Waals surface area contributed by atoms with E-state index in [0.717, 1.165) is 12.8 Å². The van der Waals surface area contributed by atoms with Crippen LogP contribution in [0, 0.1) is 5.41 Å². The molecule has 0 bridgehead atoms. The molecule has 0 amide bonds. The van der Waals surface area contributed by atoms with Crippen LogP contribution in [0.15, 0.2) is 41.5 Å². The third-order valence-corrected chi connectivity index (χ3v) is 3.83. The van der Waals surface area contributed by atoms with Gasteiger partial charge in [-0.05, 0) is 30.9 Å². The lowest BCUT2D eigenvalue weighted by molar-refractivity contribution is 0.196. The first kappa shape index (κ1) is 11.4. The average Bonchev–Trinajstić information content (AvgIpc) is 2.76. The molecule has 0 saturated heterocycles. The maximum atomic E-state index is 10.1. The molecular weight excluding hydrogens is 196 g/mol.